The Morgan fingerprint density at radius 2 is 2.13 bits per heavy atom. The zero-order valence-electron chi connectivity index (χ0n) is 9.63. The zero-order valence-corrected chi connectivity index (χ0v) is 10.5. The van der Waals surface area contributed by atoms with E-state index in [0.717, 1.165) is 0 Å². The van der Waals surface area contributed by atoms with E-state index in [9.17, 15) is 4.57 Å². The van der Waals surface area contributed by atoms with Gasteiger partial charge in [-0.1, -0.05) is 6.92 Å². The van der Waals surface area contributed by atoms with Crippen LogP contribution in [0.5, 0.6) is 0 Å². The van der Waals surface area contributed by atoms with E-state index in [1.807, 2.05) is 6.92 Å². The van der Waals surface area contributed by atoms with Crippen LogP contribution in [0.25, 0.3) is 0 Å². The molecular weight excluding hydrogens is 219 g/mol. The average Bonchev–Trinajstić information content (AvgIpc) is 2.57. The highest BCUT2D eigenvalue weighted by Gasteiger charge is 2.35. The largest absolute Gasteiger partial charge is 0.379 e. The van der Waals surface area contributed by atoms with Gasteiger partial charge in [0.05, 0.1) is 25.4 Å². The van der Waals surface area contributed by atoms with Crippen molar-refractivity contribution in [2.24, 2.45) is 5.92 Å². The van der Waals surface area contributed by atoms with Crippen LogP contribution in [-0.2, 0) is 23.1 Å². The molecule has 0 radical (unpaired) electrons. The van der Waals surface area contributed by atoms with Crippen molar-refractivity contribution < 1.29 is 23.1 Å². The Bertz CT molecular complexity index is 245. The van der Waals surface area contributed by atoms with Crippen LogP contribution in [0, 0.1) is 5.92 Å². The molecule has 1 heterocycles. The van der Waals surface area contributed by atoms with Gasteiger partial charge in [0.1, 0.15) is 0 Å². The lowest BCUT2D eigenvalue weighted by atomic mass is 10.0. The normalized spacial score (nSPS) is 35.3. The van der Waals surface area contributed by atoms with E-state index in [2.05, 4.69) is 0 Å². The minimum Gasteiger partial charge on any atom is -0.379 e. The van der Waals surface area contributed by atoms with Crippen LogP contribution in [0.4, 0.5) is 0 Å². The van der Waals surface area contributed by atoms with E-state index in [-0.39, 0.29) is 24.7 Å². The van der Waals surface area contributed by atoms with Crippen molar-refractivity contribution in [2.45, 2.75) is 19.1 Å². The van der Waals surface area contributed by atoms with Gasteiger partial charge >= 0.3 is 7.60 Å². The summed E-state index contributed by atoms with van der Waals surface area (Å²) in [7, 11) is 0.132. The molecule has 4 unspecified atom stereocenters. The van der Waals surface area contributed by atoms with E-state index in [1.165, 1.54) is 13.8 Å². The van der Waals surface area contributed by atoms with Crippen molar-refractivity contribution >= 4 is 7.60 Å². The molecule has 0 bridgehead atoms. The first kappa shape index (κ1) is 13.1. The predicted molar refractivity (Wildman–Crippen MR) is 56.2 cm³/mol. The summed E-state index contributed by atoms with van der Waals surface area (Å²) in [5.41, 5.74) is 0. The van der Waals surface area contributed by atoms with Crippen LogP contribution >= 0.6 is 7.60 Å². The molecule has 1 fully saturated rings. The molecule has 15 heavy (non-hydrogen) atoms. The minimum absolute atomic E-state index is 0.0709. The summed E-state index contributed by atoms with van der Waals surface area (Å²) in [6.07, 6.45) is 0.0239. The second-order valence-electron chi connectivity index (χ2n) is 3.75. The Morgan fingerprint density at radius 1 is 1.47 bits per heavy atom. The summed E-state index contributed by atoms with van der Waals surface area (Å²) >= 11 is 0. The molecule has 6 heteroatoms. The molecule has 0 aromatic rings. The molecule has 1 aliphatic heterocycles. The topological polar surface area (TPSA) is 54.0 Å². The van der Waals surface area contributed by atoms with Gasteiger partial charge in [-0.15, -0.1) is 0 Å². The van der Waals surface area contributed by atoms with Crippen LogP contribution in [0.3, 0.4) is 0 Å². The van der Waals surface area contributed by atoms with Crippen molar-refractivity contribution in [1.29, 1.82) is 0 Å². The third kappa shape index (κ3) is 3.54. The van der Waals surface area contributed by atoms with E-state index in [1.54, 1.807) is 7.11 Å². The molecule has 4 atom stereocenters. The molecule has 1 aliphatic rings. The first-order chi connectivity index (χ1) is 7.00. The Hall–Kier alpha value is 0.0700. The highest BCUT2D eigenvalue weighted by Crippen LogP contribution is 2.43. The Morgan fingerprint density at radius 3 is 2.60 bits per heavy atom. The van der Waals surface area contributed by atoms with Gasteiger partial charge in [-0.25, -0.2) is 0 Å². The average molecular weight is 238 g/mol. The number of methoxy groups -OCH3 is 1. The molecule has 90 valence electrons. The molecule has 0 aromatic heterocycles. The van der Waals surface area contributed by atoms with E-state index in [0.29, 0.717) is 6.61 Å². The summed E-state index contributed by atoms with van der Waals surface area (Å²) in [5, 5.41) is 0. The lowest BCUT2D eigenvalue weighted by Crippen LogP contribution is -2.26. The van der Waals surface area contributed by atoms with Crippen molar-refractivity contribution in [3.8, 4) is 0 Å². The molecule has 5 nitrogen and oxygen atoms in total. The fraction of sp³-hybridized carbons (Fsp3) is 1.00. The van der Waals surface area contributed by atoms with Gasteiger partial charge < -0.3 is 18.5 Å². The van der Waals surface area contributed by atoms with Gasteiger partial charge in [0.15, 0.2) is 0 Å². The van der Waals surface area contributed by atoms with Crippen LogP contribution in [0.15, 0.2) is 0 Å². The standard InChI is InChI=1S/C9H19O5P/c1-7-8(11-2)5-13-9(7)6-14-15(4,10)12-3/h7-9H,5-6H2,1-4H3. The molecule has 0 N–H and O–H groups in total. The Labute approximate surface area is 90.6 Å². The molecule has 0 aromatic carbocycles. The van der Waals surface area contributed by atoms with Gasteiger partial charge in [0.25, 0.3) is 0 Å². The summed E-state index contributed by atoms with van der Waals surface area (Å²) in [6.45, 7) is 4.32. The number of hydrogen-bond acceptors (Lipinski definition) is 5. The summed E-state index contributed by atoms with van der Waals surface area (Å²) < 4.78 is 32.1. The third-order valence-corrected chi connectivity index (χ3v) is 4.04. The smallest absolute Gasteiger partial charge is 0.327 e. The second kappa shape index (κ2) is 5.41. The molecular formula is C9H19O5P. The summed E-state index contributed by atoms with van der Waals surface area (Å²) in [4.78, 5) is 0. The first-order valence-electron chi connectivity index (χ1n) is 4.92. The number of rotatable bonds is 5. The van der Waals surface area contributed by atoms with Crippen LogP contribution in [-0.4, -0.2) is 46.3 Å². The highest BCUT2D eigenvalue weighted by molar-refractivity contribution is 7.52. The molecule has 0 saturated carbocycles. The van der Waals surface area contributed by atoms with Crippen LogP contribution < -0.4 is 0 Å². The maximum Gasteiger partial charge on any atom is 0.327 e. The first-order valence-corrected chi connectivity index (χ1v) is 6.91. The Balaban J connectivity index is 2.38. The van der Waals surface area contributed by atoms with Gasteiger partial charge in [-0.2, -0.15) is 0 Å². The zero-order chi connectivity index (χ0) is 11.5. The highest BCUT2D eigenvalue weighted by atomic mass is 31.2. The van der Waals surface area contributed by atoms with Gasteiger partial charge in [-0.3, -0.25) is 4.57 Å². The van der Waals surface area contributed by atoms with Gasteiger partial charge in [0.2, 0.25) is 0 Å². The van der Waals surface area contributed by atoms with Gasteiger partial charge in [-0.05, 0) is 0 Å². The fourth-order valence-corrected chi connectivity index (χ4v) is 2.03. The molecule has 1 saturated heterocycles. The maximum absolute atomic E-state index is 11.5. The molecule has 0 aliphatic carbocycles. The van der Waals surface area contributed by atoms with Crippen LogP contribution in [0.1, 0.15) is 6.92 Å². The van der Waals surface area contributed by atoms with Crippen molar-refractivity contribution in [1.82, 2.24) is 0 Å². The number of ether oxygens (including phenoxy) is 2. The molecule has 0 spiro atoms. The molecule has 1 rings (SSSR count). The van der Waals surface area contributed by atoms with Gasteiger partial charge in [0, 0.05) is 26.8 Å². The van der Waals surface area contributed by atoms with Crippen molar-refractivity contribution in [2.75, 3.05) is 34.1 Å². The third-order valence-electron chi connectivity index (χ3n) is 2.76. The molecule has 0 amide bonds. The van der Waals surface area contributed by atoms with Crippen LogP contribution in [0.2, 0.25) is 0 Å². The fourth-order valence-electron chi connectivity index (χ4n) is 1.51. The van der Waals surface area contributed by atoms with E-state index >= 15 is 0 Å². The van der Waals surface area contributed by atoms with Crippen molar-refractivity contribution in [3.05, 3.63) is 0 Å². The lowest BCUT2D eigenvalue weighted by Gasteiger charge is -2.19. The van der Waals surface area contributed by atoms with E-state index in [4.69, 9.17) is 18.5 Å². The Kier molecular flexibility index (Phi) is 4.74. The minimum atomic E-state index is -2.90. The number of hydrogen-bond donors (Lipinski definition) is 0. The maximum atomic E-state index is 11.5. The summed E-state index contributed by atoms with van der Waals surface area (Å²) in [5.74, 6) is 0.242. The predicted octanol–water partition coefficient (Wildman–Crippen LogP) is 1.52. The quantitative estimate of drug-likeness (QED) is 0.680. The summed E-state index contributed by atoms with van der Waals surface area (Å²) in [6, 6.07) is 0. The van der Waals surface area contributed by atoms with Crippen molar-refractivity contribution in [3.63, 3.8) is 0 Å². The SMILES string of the molecule is COC1COC(COP(C)(=O)OC)C1C. The monoisotopic (exact) mass is 238 g/mol. The van der Waals surface area contributed by atoms with E-state index < -0.39 is 7.60 Å². The second-order valence-corrected chi connectivity index (χ2v) is 5.92. The lowest BCUT2D eigenvalue weighted by molar-refractivity contribution is 0.0441.